The molecule has 100 valence electrons. The summed E-state index contributed by atoms with van der Waals surface area (Å²) < 4.78 is 5.62. The molecule has 2 fully saturated rings. The van der Waals surface area contributed by atoms with Gasteiger partial charge in [-0.25, -0.2) is 0 Å². The molecule has 1 amide bonds. The Morgan fingerprint density at radius 3 is 3.11 bits per heavy atom. The molecule has 1 aliphatic heterocycles. The Morgan fingerprint density at radius 2 is 2.26 bits per heavy atom. The number of hydrogen-bond donors (Lipinski definition) is 1. The van der Waals surface area contributed by atoms with Gasteiger partial charge in [-0.1, -0.05) is 12.1 Å². The maximum absolute atomic E-state index is 11.6. The lowest BCUT2D eigenvalue weighted by atomic mass is 10.00. The molecule has 0 radical (unpaired) electrons. The van der Waals surface area contributed by atoms with Gasteiger partial charge in [-0.3, -0.25) is 4.79 Å². The van der Waals surface area contributed by atoms with Crippen LogP contribution in [0, 0.1) is 11.8 Å². The minimum atomic E-state index is 0.271. The molecule has 0 saturated heterocycles. The molecule has 0 bridgehead atoms. The van der Waals surface area contributed by atoms with Crippen molar-refractivity contribution < 1.29 is 9.53 Å². The molecule has 2 atom stereocenters. The molecule has 3 heteroatoms. The van der Waals surface area contributed by atoms with Crippen molar-refractivity contribution in [2.24, 2.45) is 11.8 Å². The van der Waals surface area contributed by atoms with E-state index in [1.165, 1.54) is 17.5 Å². The van der Waals surface area contributed by atoms with E-state index in [4.69, 9.17) is 4.74 Å². The molecule has 2 aliphatic carbocycles. The van der Waals surface area contributed by atoms with Gasteiger partial charge in [0.05, 0.1) is 6.61 Å². The minimum Gasteiger partial charge on any atom is -0.493 e. The summed E-state index contributed by atoms with van der Waals surface area (Å²) in [7, 11) is 0. The first kappa shape index (κ1) is 11.3. The molecule has 4 rings (SSSR count). The molecular weight excluding hydrogens is 238 g/mol. The van der Waals surface area contributed by atoms with E-state index >= 15 is 0 Å². The molecule has 0 spiro atoms. The summed E-state index contributed by atoms with van der Waals surface area (Å²) in [5, 5.41) is 3.10. The molecule has 2 unspecified atom stereocenters. The van der Waals surface area contributed by atoms with E-state index < -0.39 is 0 Å². The highest BCUT2D eigenvalue weighted by atomic mass is 16.5. The van der Waals surface area contributed by atoms with Crippen molar-refractivity contribution in [1.82, 2.24) is 5.32 Å². The topological polar surface area (TPSA) is 38.3 Å². The van der Waals surface area contributed by atoms with Crippen LogP contribution in [0.4, 0.5) is 0 Å². The highest BCUT2D eigenvalue weighted by Crippen LogP contribution is 2.50. The number of benzene rings is 1. The number of amides is 1. The zero-order valence-electron chi connectivity index (χ0n) is 11.0. The normalized spacial score (nSPS) is 27.6. The van der Waals surface area contributed by atoms with E-state index in [1.54, 1.807) is 0 Å². The maximum Gasteiger partial charge on any atom is 0.223 e. The van der Waals surface area contributed by atoms with Crippen LogP contribution >= 0.6 is 0 Å². The number of nitrogens with one attached hydrogen (secondary N) is 1. The van der Waals surface area contributed by atoms with Gasteiger partial charge in [0.15, 0.2) is 0 Å². The van der Waals surface area contributed by atoms with Crippen LogP contribution in [-0.4, -0.2) is 19.1 Å². The van der Waals surface area contributed by atoms with Crippen LogP contribution in [0.2, 0.25) is 0 Å². The second-order valence-electron chi connectivity index (χ2n) is 6.04. The van der Waals surface area contributed by atoms with Crippen LogP contribution in [0.25, 0.3) is 0 Å². The Labute approximate surface area is 113 Å². The summed E-state index contributed by atoms with van der Waals surface area (Å²) in [6.07, 6.45) is 4.43. The van der Waals surface area contributed by atoms with Crippen LogP contribution in [0.15, 0.2) is 18.2 Å². The summed E-state index contributed by atoms with van der Waals surface area (Å²) in [6, 6.07) is 6.40. The van der Waals surface area contributed by atoms with Crippen LogP contribution < -0.4 is 10.1 Å². The Bertz CT molecular complexity index is 521. The molecule has 1 N–H and O–H groups in total. The summed E-state index contributed by atoms with van der Waals surface area (Å²) in [4.78, 5) is 11.6. The van der Waals surface area contributed by atoms with Crippen molar-refractivity contribution in [3.8, 4) is 5.75 Å². The van der Waals surface area contributed by atoms with Crippen molar-refractivity contribution in [2.45, 2.75) is 31.6 Å². The van der Waals surface area contributed by atoms with Crippen molar-refractivity contribution in [1.29, 1.82) is 0 Å². The van der Waals surface area contributed by atoms with Gasteiger partial charge in [0, 0.05) is 24.4 Å². The Morgan fingerprint density at radius 1 is 1.37 bits per heavy atom. The number of carbonyl (C=O) groups excluding carboxylic acids is 1. The lowest BCUT2D eigenvalue weighted by Crippen LogP contribution is -2.27. The Hall–Kier alpha value is -1.51. The molecule has 2 saturated carbocycles. The quantitative estimate of drug-likeness (QED) is 0.898. The summed E-state index contributed by atoms with van der Waals surface area (Å²) >= 11 is 0. The molecule has 1 aromatic rings. The summed E-state index contributed by atoms with van der Waals surface area (Å²) in [5.41, 5.74) is 2.86. The van der Waals surface area contributed by atoms with Crippen molar-refractivity contribution in [3.05, 3.63) is 29.3 Å². The largest absolute Gasteiger partial charge is 0.493 e. The molecule has 1 aromatic carbocycles. The van der Waals surface area contributed by atoms with Gasteiger partial charge < -0.3 is 10.1 Å². The lowest BCUT2D eigenvalue weighted by Gasteiger charge is -2.07. The fraction of sp³-hybridized carbons (Fsp3) is 0.562. The highest BCUT2D eigenvalue weighted by Gasteiger charge is 2.41. The summed E-state index contributed by atoms with van der Waals surface area (Å²) in [6.45, 7) is 1.67. The Balaban J connectivity index is 1.39. The Kier molecular flexibility index (Phi) is 2.54. The average Bonchev–Trinajstić information content (AvgIpc) is 3.33. The van der Waals surface area contributed by atoms with E-state index in [1.807, 2.05) is 0 Å². The lowest BCUT2D eigenvalue weighted by molar-refractivity contribution is -0.122. The van der Waals surface area contributed by atoms with Crippen LogP contribution in [-0.2, 0) is 11.2 Å². The molecule has 0 aromatic heterocycles. The fourth-order valence-electron chi connectivity index (χ4n) is 3.17. The van der Waals surface area contributed by atoms with E-state index in [2.05, 4.69) is 23.5 Å². The summed E-state index contributed by atoms with van der Waals surface area (Å²) in [5.74, 6) is 2.94. The van der Waals surface area contributed by atoms with Crippen molar-refractivity contribution in [3.63, 3.8) is 0 Å². The fourth-order valence-corrected chi connectivity index (χ4v) is 3.17. The van der Waals surface area contributed by atoms with Gasteiger partial charge in [0.1, 0.15) is 5.75 Å². The van der Waals surface area contributed by atoms with Gasteiger partial charge >= 0.3 is 0 Å². The van der Waals surface area contributed by atoms with E-state index in [0.717, 1.165) is 38.2 Å². The van der Waals surface area contributed by atoms with Gasteiger partial charge in [-0.05, 0) is 42.7 Å². The predicted octanol–water partition coefficient (Wildman–Crippen LogP) is 2.25. The first-order valence-electron chi connectivity index (χ1n) is 7.35. The highest BCUT2D eigenvalue weighted by molar-refractivity contribution is 5.80. The number of rotatable bonds is 4. The predicted molar refractivity (Wildman–Crippen MR) is 72.2 cm³/mol. The average molecular weight is 257 g/mol. The second-order valence-corrected chi connectivity index (χ2v) is 6.04. The molecule has 19 heavy (non-hydrogen) atoms. The van der Waals surface area contributed by atoms with E-state index in [-0.39, 0.29) is 5.91 Å². The maximum atomic E-state index is 11.6. The van der Waals surface area contributed by atoms with Crippen molar-refractivity contribution in [2.75, 3.05) is 13.2 Å². The zero-order valence-corrected chi connectivity index (χ0v) is 11.0. The van der Waals surface area contributed by atoms with Crippen LogP contribution in [0.1, 0.15) is 36.3 Å². The van der Waals surface area contributed by atoms with Gasteiger partial charge in [-0.15, -0.1) is 0 Å². The third-order valence-corrected chi connectivity index (χ3v) is 4.59. The smallest absolute Gasteiger partial charge is 0.223 e. The molecule has 3 aliphatic rings. The molecular formula is C16H19NO2. The second kappa shape index (κ2) is 4.26. The molecule has 1 heterocycles. The standard InChI is InChI=1S/C16H19NO2/c18-16(10-4-5-10)17-9-11-8-14(11)12-2-1-3-15-13(12)6-7-19-15/h1-3,10-11,14H,4-9H2,(H,17,18). The third kappa shape index (κ3) is 2.11. The third-order valence-electron chi connectivity index (χ3n) is 4.59. The zero-order chi connectivity index (χ0) is 12.8. The van der Waals surface area contributed by atoms with Gasteiger partial charge in [-0.2, -0.15) is 0 Å². The number of fused-ring (bicyclic) bond motifs is 1. The van der Waals surface area contributed by atoms with E-state index in [9.17, 15) is 4.79 Å². The number of ether oxygens (including phenoxy) is 1. The van der Waals surface area contributed by atoms with Crippen LogP contribution in [0.3, 0.4) is 0 Å². The SMILES string of the molecule is O=C(NCC1CC1c1cccc2c1CCO2)C1CC1. The number of hydrogen-bond acceptors (Lipinski definition) is 2. The van der Waals surface area contributed by atoms with Crippen LogP contribution in [0.5, 0.6) is 5.75 Å². The van der Waals surface area contributed by atoms with Gasteiger partial charge in [0.25, 0.3) is 0 Å². The first-order chi connectivity index (χ1) is 9.33. The number of carbonyl (C=O) groups is 1. The van der Waals surface area contributed by atoms with Gasteiger partial charge in [0.2, 0.25) is 5.91 Å². The molecule has 3 nitrogen and oxygen atoms in total. The van der Waals surface area contributed by atoms with Crippen molar-refractivity contribution >= 4 is 5.91 Å². The van der Waals surface area contributed by atoms with E-state index in [0.29, 0.717) is 17.8 Å². The monoisotopic (exact) mass is 257 g/mol. The first-order valence-corrected chi connectivity index (χ1v) is 7.35. The minimum absolute atomic E-state index is 0.271.